The van der Waals surface area contributed by atoms with Crippen LogP contribution in [0.15, 0.2) is 12.3 Å². The van der Waals surface area contributed by atoms with Gasteiger partial charge in [-0.2, -0.15) is 0 Å². The summed E-state index contributed by atoms with van der Waals surface area (Å²) in [6.07, 6.45) is 5.01. The number of alkyl halides is 2. The molecule has 0 radical (unpaired) electrons. The van der Waals surface area contributed by atoms with Crippen molar-refractivity contribution in [2.24, 2.45) is 5.41 Å². The molecule has 10 heteroatoms. The number of pyridine rings is 1. The molecule has 6 rings (SSSR count). The van der Waals surface area contributed by atoms with Crippen LogP contribution in [-0.2, 0) is 0 Å². The zero-order valence-electron chi connectivity index (χ0n) is 19.0. The van der Waals surface area contributed by atoms with Gasteiger partial charge in [-0.3, -0.25) is 4.31 Å². The Bertz CT molecular complexity index is 1020. The van der Waals surface area contributed by atoms with Crippen LogP contribution in [0.2, 0.25) is 0 Å². The van der Waals surface area contributed by atoms with Gasteiger partial charge in [0, 0.05) is 61.0 Å². The van der Waals surface area contributed by atoms with E-state index in [1.807, 2.05) is 11.9 Å². The van der Waals surface area contributed by atoms with Crippen molar-refractivity contribution in [2.75, 3.05) is 56.5 Å². The molecule has 1 saturated carbocycles. The van der Waals surface area contributed by atoms with Gasteiger partial charge in [0.2, 0.25) is 5.95 Å². The average molecular weight is 476 g/mol. The van der Waals surface area contributed by atoms with Crippen molar-refractivity contribution >= 4 is 34.6 Å². The summed E-state index contributed by atoms with van der Waals surface area (Å²) in [5.41, 5.74) is 0.719. The second kappa shape index (κ2) is 8.46. The summed E-state index contributed by atoms with van der Waals surface area (Å²) in [6, 6.07) is 1.76. The Kier molecular flexibility index (Phi) is 5.57. The van der Waals surface area contributed by atoms with E-state index in [2.05, 4.69) is 36.4 Å². The van der Waals surface area contributed by atoms with Crippen molar-refractivity contribution in [3.05, 3.63) is 18.0 Å². The Morgan fingerprint density at radius 2 is 1.88 bits per heavy atom. The maximum absolute atomic E-state index is 13.6. The number of halogens is 2. The average Bonchev–Trinajstić information content (AvgIpc) is 3.51. The zero-order chi connectivity index (χ0) is 22.6. The van der Waals surface area contributed by atoms with Crippen LogP contribution in [0.5, 0.6) is 0 Å². The third-order valence-electron chi connectivity index (χ3n) is 7.38. The van der Waals surface area contributed by atoms with Gasteiger partial charge in [0.1, 0.15) is 11.2 Å². The highest BCUT2D eigenvalue weighted by atomic mass is 32.2. The first-order valence-corrected chi connectivity index (χ1v) is 12.9. The SMILES string of the molecule is CN1CCC2(C1)CN(c1nc(C(F)F)cc3cnc(NC4CCN(SC5CC5)CC4)nc13)C2. The Balaban J connectivity index is 1.20. The minimum absolute atomic E-state index is 0.202. The van der Waals surface area contributed by atoms with E-state index in [1.54, 1.807) is 6.20 Å². The summed E-state index contributed by atoms with van der Waals surface area (Å²) in [4.78, 5) is 18.1. The van der Waals surface area contributed by atoms with Gasteiger partial charge >= 0.3 is 0 Å². The fraction of sp³-hybridized carbons (Fsp3) is 0.696. The van der Waals surface area contributed by atoms with Gasteiger partial charge in [0.25, 0.3) is 6.43 Å². The molecule has 3 saturated heterocycles. The number of hydrogen-bond donors (Lipinski definition) is 1. The van der Waals surface area contributed by atoms with E-state index in [1.165, 1.54) is 18.9 Å². The molecular formula is C23H31F2N7S. The maximum atomic E-state index is 13.6. The first-order valence-electron chi connectivity index (χ1n) is 12.0. The Hall–Kier alpha value is -1.78. The number of piperidine rings is 1. The van der Waals surface area contributed by atoms with E-state index in [4.69, 9.17) is 4.98 Å². The van der Waals surface area contributed by atoms with E-state index in [0.29, 0.717) is 28.7 Å². The highest BCUT2D eigenvalue weighted by molar-refractivity contribution is 7.97. The highest BCUT2D eigenvalue weighted by Gasteiger charge is 2.47. The number of hydrogen-bond acceptors (Lipinski definition) is 8. The largest absolute Gasteiger partial charge is 0.353 e. The first kappa shape index (κ1) is 21.7. The minimum Gasteiger partial charge on any atom is -0.353 e. The van der Waals surface area contributed by atoms with Crippen molar-refractivity contribution < 1.29 is 8.78 Å². The molecule has 3 aliphatic heterocycles. The number of aromatic nitrogens is 3. The van der Waals surface area contributed by atoms with Crippen molar-refractivity contribution in [1.82, 2.24) is 24.2 Å². The molecule has 1 spiro atoms. The van der Waals surface area contributed by atoms with Crippen LogP contribution in [0.1, 0.15) is 44.2 Å². The molecule has 7 nitrogen and oxygen atoms in total. The van der Waals surface area contributed by atoms with Gasteiger partial charge in [-0.25, -0.2) is 23.7 Å². The van der Waals surface area contributed by atoms with Gasteiger partial charge in [-0.1, -0.05) is 11.9 Å². The molecule has 0 amide bonds. The molecule has 2 aromatic heterocycles. The third kappa shape index (κ3) is 4.49. The summed E-state index contributed by atoms with van der Waals surface area (Å²) >= 11 is 2.02. The van der Waals surface area contributed by atoms with E-state index in [0.717, 1.165) is 63.8 Å². The molecule has 0 atom stereocenters. The minimum atomic E-state index is -2.61. The van der Waals surface area contributed by atoms with Crippen LogP contribution in [0.4, 0.5) is 20.5 Å². The van der Waals surface area contributed by atoms with E-state index in [-0.39, 0.29) is 11.1 Å². The summed E-state index contributed by atoms with van der Waals surface area (Å²) < 4.78 is 29.6. The smallest absolute Gasteiger partial charge is 0.280 e. The molecule has 33 heavy (non-hydrogen) atoms. The summed E-state index contributed by atoms with van der Waals surface area (Å²) in [7, 11) is 2.14. The molecule has 2 aromatic rings. The van der Waals surface area contributed by atoms with Crippen molar-refractivity contribution in [1.29, 1.82) is 0 Å². The predicted molar refractivity (Wildman–Crippen MR) is 128 cm³/mol. The quantitative estimate of drug-likeness (QED) is 0.634. The number of anilines is 2. The van der Waals surface area contributed by atoms with Crippen LogP contribution in [0.3, 0.4) is 0 Å². The molecule has 1 aliphatic carbocycles. The van der Waals surface area contributed by atoms with Crippen molar-refractivity contribution in [3.63, 3.8) is 0 Å². The lowest BCUT2D eigenvalue weighted by Crippen LogP contribution is -2.58. The molecule has 0 aromatic carbocycles. The monoisotopic (exact) mass is 475 g/mol. The van der Waals surface area contributed by atoms with Crippen LogP contribution in [-0.4, -0.2) is 81.8 Å². The molecule has 5 heterocycles. The van der Waals surface area contributed by atoms with Crippen molar-refractivity contribution in [3.8, 4) is 0 Å². The lowest BCUT2D eigenvalue weighted by Gasteiger charge is -2.49. The van der Waals surface area contributed by atoms with Crippen LogP contribution < -0.4 is 10.2 Å². The lowest BCUT2D eigenvalue weighted by atomic mass is 9.79. The Labute approximate surface area is 197 Å². The van der Waals surface area contributed by atoms with Crippen molar-refractivity contribution in [2.45, 2.75) is 49.8 Å². The fourth-order valence-electron chi connectivity index (χ4n) is 5.45. The molecule has 4 fully saturated rings. The fourth-order valence-corrected chi connectivity index (χ4v) is 6.64. The van der Waals surface area contributed by atoms with Crippen LogP contribution >= 0.6 is 11.9 Å². The first-order chi connectivity index (χ1) is 16.0. The molecule has 178 valence electrons. The van der Waals surface area contributed by atoms with Crippen LogP contribution in [0, 0.1) is 5.41 Å². The van der Waals surface area contributed by atoms with E-state index < -0.39 is 6.43 Å². The van der Waals surface area contributed by atoms with Gasteiger partial charge < -0.3 is 15.1 Å². The topological polar surface area (TPSA) is 60.4 Å². The Morgan fingerprint density at radius 3 is 2.55 bits per heavy atom. The van der Waals surface area contributed by atoms with Gasteiger partial charge in [-0.05, 0) is 51.8 Å². The van der Waals surface area contributed by atoms with Gasteiger partial charge in [0.05, 0.1) is 0 Å². The second-order valence-corrected chi connectivity index (χ2v) is 11.7. The third-order valence-corrected chi connectivity index (χ3v) is 8.81. The molecule has 1 N–H and O–H groups in total. The number of nitrogens with zero attached hydrogens (tertiary/aromatic N) is 6. The van der Waals surface area contributed by atoms with E-state index >= 15 is 0 Å². The molecular weight excluding hydrogens is 444 g/mol. The normalized spacial score (nSPS) is 24.2. The summed E-state index contributed by atoms with van der Waals surface area (Å²) in [5.74, 6) is 1.14. The lowest BCUT2D eigenvalue weighted by molar-refractivity contribution is 0.146. The number of likely N-dealkylation sites (tertiary alicyclic amines) is 1. The maximum Gasteiger partial charge on any atom is 0.280 e. The summed E-state index contributed by atoms with van der Waals surface area (Å²) in [5, 5.41) is 4.96. The standard InChI is InChI=1S/C23H31F2N7S/c1-30-9-6-23(12-30)13-31(14-23)21-19-15(10-18(28-21)20(24)25)11-26-22(29-19)27-16-4-7-32(8-5-16)33-17-2-3-17/h10-11,16-17,20H,2-9,12-14H2,1H3,(H,26,27,29). The van der Waals surface area contributed by atoms with Gasteiger partial charge in [0.15, 0.2) is 5.82 Å². The number of nitrogens with one attached hydrogen (secondary N) is 1. The molecule has 0 bridgehead atoms. The van der Waals surface area contributed by atoms with Crippen LogP contribution in [0.25, 0.3) is 10.9 Å². The number of fused-ring (bicyclic) bond motifs is 1. The predicted octanol–water partition coefficient (Wildman–Crippen LogP) is 3.79. The molecule has 0 unspecified atom stereocenters. The molecule has 4 aliphatic rings. The zero-order valence-corrected chi connectivity index (χ0v) is 19.8. The number of rotatable bonds is 6. The second-order valence-electron chi connectivity index (χ2n) is 10.3. The van der Waals surface area contributed by atoms with E-state index in [9.17, 15) is 8.78 Å². The summed E-state index contributed by atoms with van der Waals surface area (Å²) in [6.45, 7) is 5.97. The highest BCUT2D eigenvalue weighted by Crippen LogP contribution is 2.43. The Morgan fingerprint density at radius 1 is 1.09 bits per heavy atom. The van der Waals surface area contributed by atoms with Gasteiger partial charge in [-0.15, -0.1) is 0 Å².